The van der Waals surface area contributed by atoms with Crippen LogP contribution in [0.15, 0.2) is 42.7 Å². The number of carbonyl (C=O) groups is 1. The first-order chi connectivity index (χ1) is 16.8. The zero-order valence-corrected chi connectivity index (χ0v) is 19.4. The highest BCUT2D eigenvalue weighted by Crippen LogP contribution is 2.40. The SMILES string of the molecule is CCC[n+]1c(-c2ccnc(C3CC3)c2)cc2n1CCC[C@H]2NC(=O)c1ccnc(OC(F)(F)F)c1. The lowest BCUT2D eigenvalue weighted by Crippen LogP contribution is -2.47. The van der Waals surface area contributed by atoms with Gasteiger partial charge in [-0.05, 0) is 43.9 Å². The molecule has 1 atom stereocenters. The van der Waals surface area contributed by atoms with E-state index >= 15 is 0 Å². The van der Waals surface area contributed by atoms with Crippen LogP contribution in [0.1, 0.15) is 72.7 Å². The van der Waals surface area contributed by atoms with Crippen molar-refractivity contribution >= 4 is 5.91 Å². The third-order valence-electron chi connectivity index (χ3n) is 6.40. The number of nitrogens with one attached hydrogen (secondary N) is 1. The van der Waals surface area contributed by atoms with Gasteiger partial charge in [0, 0.05) is 48.1 Å². The van der Waals surface area contributed by atoms with Crippen molar-refractivity contribution in [1.82, 2.24) is 20.0 Å². The summed E-state index contributed by atoms with van der Waals surface area (Å²) in [6.45, 7) is 3.80. The maximum absolute atomic E-state index is 13.0. The Labute approximate surface area is 200 Å². The van der Waals surface area contributed by atoms with E-state index in [0.717, 1.165) is 67.3 Å². The lowest BCUT2D eigenvalue weighted by Gasteiger charge is -2.23. The zero-order valence-electron chi connectivity index (χ0n) is 19.4. The number of hydrogen-bond donors (Lipinski definition) is 1. The van der Waals surface area contributed by atoms with Crippen LogP contribution in [-0.2, 0) is 13.1 Å². The average molecular weight is 487 g/mol. The molecular weight excluding hydrogens is 459 g/mol. The third-order valence-corrected chi connectivity index (χ3v) is 6.40. The minimum Gasteiger partial charge on any atom is -0.388 e. The van der Waals surface area contributed by atoms with Crippen molar-refractivity contribution in [3.8, 4) is 17.1 Å². The van der Waals surface area contributed by atoms with Gasteiger partial charge < -0.3 is 10.1 Å². The molecule has 0 bridgehead atoms. The van der Waals surface area contributed by atoms with Gasteiger partial charge in [0.15, 0.2) is 6.54 Å². The Morgan fingerprint density at radius 3 is 2.71 bits per heavy atom. The van der Waals surface area contributed by atoms with Crippen molar-refractivity contribution in [1.29, 1.82) is 0 Å². The highest BCUT2D eigenvalue weighted by atomic mass is 19.4. The number of nitrogens with zero attached hydrogens (tertiary/aromatic N) is 4. The first-order valence-electron chi connectivity index (χ1n) is 11.9. The molecule has 0 aromatic carbocycles. The van der Waals surface area contributed by atoms with Crippen LogP contribution in [0.2, 0.25) is 0 Å². The van der Waals surface area contributed by atoms with Crippen molar-refractivity contribution in [3.63, 3.8) is 0 Å². The second-order valence-corrected chi connectivity index (χ2v) is 9.04. The smallest absolute Gasteiger partial charge is 0.388 e. The standard InChI is InChI=1S/C25H26F3N5O2/c1-2-11-32-21(17-7-9-29-20(13-17)16-5-6-16)15-22-19(4-3-12-33(22)32)31-24(34)18-8-10-30-23(14-18)35-25(26,27)28/h7-10,13-16,19H,2-6,11-12H2,1H3/p+1/t19-/m1/s1. The summed E-state index contributed by atoms with van der Waals surface area (Å²) in [6, 6.07) is 8.42. The molecule has 5 rings (SSSR count). The van der Waals surface area contributed by atoms with Gasteiger partial charge >= 0.3 is 6.36 Å². The van der Waals surface area contributed by atoms with E-state index in [9.17, 15) is 18.0 Å². The van der Waals surface area contributed by atoms with E-state index in [4.69, 9.17) is 0 Å². The summed E-state index contributed by atoms with van der Waals surface area (Å²) < 4.78 is 46.0. The number of amides is 1. The van der Waals surface area contributed by atoms with Gasteiger partial charge in [-0.3, -0.25) is 9.78 Å². The zero-order chi connectivity index (χ0) is 24.6. The van der Waals surface area contributed by atoms with Crippen LogP contribution in [0.5, 0.6) is 5.88 Å². The Hall–Kier alpha value is -3.43. The topological polar surface area (TPSA) is 72.9 Å². The van der Waals surface area contributed by atoms with E-state index in [1.54, 1.807) is 0 Å². The number of fused-ring (bicyclic) bond motifs is 1. The Kier molecular flexibility index (Phi) is 6.21. The van der Waals surface area contributed by atoms with Crippen LogP contribution in [-0.4, -0.2) is 26.9 Å². The van der Waals surface area contributed by atoms with Gasteiger partial charge in [0.1, 0.15) is 5.69 Å². The lowest BCUT2D eigenvalue weighted by atomic mass is 10.0. The molecule has 1 amide bonds. The highest BCUT2D eigenvalue weighted by Gasteiger charge is 2.34. The number of halogens is 3. The summed E-state index contributed by atoms with van der Waals surface area (Å²) in [5.41, 5.74) is 4.35. The van der Waals surface area contributed by atoms with Crippen molar-refractivity contribution in [2.75, 3.05) is 0 Å². The second kappa shape index (κ2) is 9.31. The summed E-state index contributed by atoms with van der Waals surface area (Å²) in [6.07, 6.45) is 3.04. The maximum Gasteiger partial charge on any atom is 0.574 e. The normalized spacial score (nSPS) is 17.7. The third kappa shape index (κ3) is 5.16. The number of aromatic nitrogens is 4. The Morgan fingerprint density at radius 1 is 1.17 bits per heavy atom. The first kappa shape index (κ1) is 23.3. The largest absolute Gasteiger partial charge is 0.574 e. The molecule has 7 nitrogen and oxygen atoms in total. The monoisotopic (exact) mass is 486 g/mol. The van der Waals surface area contributed by atoms with E-state index in [1.165, 1.54) is 18.9 Å². The number of hydrogen-bond acceptors (Lipinski definition) is 4. The van der Waals surface area contributed by atoms with E-state index in [-0.39, 0.29) is 11.6 Å². The molecule has 0 saturated heterocycles. The molecule has 1 aliphatic carbocycles. The molecule has 1 aliphatic heterocycles. The second-order valence-electron chi connectivity index (χ2n) is 9.04. The van der Waals surface area contributed by atoms with Crippen LogP contribution in [0.3, 0.4) is 0 Å². The van der Waals surface area contributed by atoms with Gasteiger partial charge in [-0.2, -0.15) is 4.68 Å². The molecule has 1 fully saturated rings. The molecule has 0 radical (unpaired) electrons. The van der Waals surface area contributed by atoms with Crippen LogP contribution in [0, 0.1) is 0 Å². The van der Waals surface area contributed by atoms with Crippen LogP contribution in [0.4, 0.5) is 13.2 Å². The first-order valence-corrected chi connectivity index (χ1v) is 11.9. The quantitative estimate of drug-likeness (QED) is 0.492. The predicted molar refractivity (Wildman–Crippen MR) is 120 cm³/mol. The summed E-state index contributed by atoms with van der Waals surface area (Å²) >= 11 is 0. The van der Waals surface area contributed by atoms with Gasteiger partial charge in [0.2, 0.25) is 11.6 Å². The minimum absolute atomic E-state index is 0.0628. The number of alkyl halides is 3. The fourth-order valence-electron chi connectivity index (χ4n) is 4.69. The van der Waals surface area contributed by atoms with Crippen molar-refractivity contribution < 1.29 is 27.4 Å². The Balaban J connectivity index is 1.43. The molecule has 3 aromatic heterocycles. The number of carbonyl (C=O) groups excluding carboxylic acids is 1. The van der Waals surface area contributed by atoms with Crippen LogP contribution < -0.4 is 14.7 Å². The summed E-state index contributed by atoms with van der Waals surface area (Å²) in [5.74, 6) is -0.586. The van der Waals surface area contributed by atoms with Gasteiger partial charge in [0.05, 0.1) is 18.2 Å². The molecule has 1 N–H and O–H groups in total. The minimum atomic E-state index is -4.87. The molecule has 2 aliphatic rings. The predicted octanol–water partition coefficient (Wildman–Crippen LogP) is 4.68. The molecular formula is C25H27F3N5O2+. The molecule has 0 spiro atoms. The van der Waals surface area contributed by atoms with Crippen molar-refractivity contribution in [2.45, 2.75) is 70.4 Å². The summed E-state index contributed by atoms with van der Waals surface area (Å²) in [7, 11) is 0. The number of rotatable bonds is 7. The van der Waals surface area contributed by atoms with Gasteiger partial charge in [-0.25, -0.2) is 4.98 Å². The van der Waals surface area contributed by atoms with E-state index < -0.39 is 18.1 Å². The maximum atomic E-state index is 13.0. The molecule has 35 heavy (non-hydrogen) atoms. The molecule has 4 heterocycles. The van der Waals surface area contributed by atoms with Crippen molar-refractivity contribution in [3.05, 3.63) is 59.7 Å². The number of ether oxygens (including phenoxy) is 1. The lowest BCUT2D eigenvalue weighted by molar-refractivity contribution is -0.767. The van der Waals surface area contributed by atoms with Gasteiger partial charge in [0.25, 0.3) is 5.91 Å². The molecule has 3 aromatic rings. The number of pyridine rings is 2. The summed E-state index contributed by atoms with van der Waals surface area (Å²) in [5, 5.41) is 3.01. The Bertz CT molecular complexity index is 1240. The molecule has 10 heteroatoms. The molecule has 0 unspecified atom stereocenters. The van der Waals surface area contributed by atoms with Crippen molar-refractivity contribution in [2.24, 2.45) is 0 Å². The van der Waals surface area contributed by atoms with Gasteiger partial charge in [-0.15, -0.1) is 17.9 Å². The Morgan fingerprint density at radius 2 is 1.97 bits per heavy atom. The fraction of sp³-hybridized carbons (Fsp3) is 0.440. The van der Waals surface area contributed by atoms with Crippen LogP contribution >= 0.6 is 0 Å². The fourth-order valence-corrected chi connectivity index (χ4v) is 4.69. The van der Waals surface area contributed by atoms with Gasteiger partial charge in [-0.1, -0.05) is 6.92 Å². The van der Waals surface area contributed by atoms with E-state index in [0.29, 0.717) is 5.92 Å². The van der Waals surface area contributed by atoms with E-state index in [2.05, 4.69) is 48.4 Å². The summed E-state index contributed by atoms with van der Waals surface area (Å²) in [4.78, 5) is 21.0. The van der Waals surface area contributed by atoms with E-state index in [1.807, 2.05) is 12.3 Å². The molecule has 184 valence electrons. The average Bonchev–Trinajstić information content (AvgIpc) is 3.61. The molecule has 1 saturated carbocycles. The van der Waals surface area contributed by atoms with Crippen LogP contribution in [0.25, 0.3) is 11.3 Å². The highest BCUT2D eigenvalue weighted by molar-refractivity contribution is 5.94.